The van der Waals surface area contributed by atoms with Crippen LogP contribution in [0.25, 0.3) is 0 Å². The Bertz CT molecular complexity index is 1040. The van der Waals surface area contributed by atoms with Crippen molar-refractivity contribution in [1.82, 2.24) is 0 Å². The number of sulfonamides is 1. The summed E-state index contributed by atoms with van der Waals surface area (Å²) in [4.78, 5) is 12.1. The van der Waals surface area contributed by atoms with Crippen LogP contribution in [0.3, 0.4) is 0 Å². The maximum atomic E-state index is 12.9. The molecule has 0 atom stereocenters. The van der Waals surface area contributed by atoms with Gasteiger partial charge in [-0.3, -0.25) is 9.10 Å². The minimum atomic E-state index is -4.65. The van der Waals surface area contributed by atoms with Crippen molar-refractivity contribution in [3.05, 3.63) is 57.6 Å². The molecule has 0 saturated heterocycles. The fourth-order valence-corrected chi connectivity index (χ4v) is 4.17. The van der Waals surface area contributed by atoms with Crippen molar-refractivity contribution in [2.24, 2.45) is 0 Å². The van der Waals surface area contributed by atoms with Gasteiger partial charge in [-0.25, -0.2) is 8.42 Å². The van der Waals surface area contributed by atoms with Gasteiger partial charge in [-0.05, 0) is 49.2 Å². The standard InChI is InChI=1S/C19H19Cl2F3N2O3S/c1-12-15(20)5-3-6-17(12)26(30(2,28)29)10-4-7-18(27)25-13-8-9-16(21)14(11-13)19(22,23)24/h3,5-6,8-9,11H,4,7,10H2,1-2H3,(H,25,27). The smallest absolute Gasteiger partial charge is 0.326 e. The van der Waals surface area contributed by atoms with E-state index in [-0.39, 0.29) is 25.1 Å². The quantitative estimate of drug-likeness (QED) is 0.565. The molecule has 11 heteroatoms. The van der Waals surface area contributed by atoms with Crippen LogP contribution in [0.4, 0.5) is 24.5 Å². The molecule has 0 aliphatic heterocycles. The summed E-state index contributed by atoms with van der Waals surface area (Å²) in [5.74, 6) is -0.554. The maximum Gasteiger partial charge on any atom is 0.417 e. The van der Waals surface area contributed by atoms with Gasteiger partial charge in [-0.2, -0.15) is 13.2 Å². The number of hydrogen-bond acceptors (Lipinski definition) is 3. The molecule has 0 saturated carbocycles. The zero-order valence-electron chi connectivity index (χ0n) is 16.1. The van der Waals surface area contributed by atoms with Gasteiger partial charge in [0.1, 0.15) is 0 Å². The molecule has 0 aromatic heterocycles. The number of carbonyl (C=O) groups is 1. The first kappa shape index (κ1) is 24.3. The zero-order chi connectivity index (χ0) is 22.7. The Hall–Kier alpha value is -1.97. The predicted octanol–water partition coefficient (Wildman–Crippen LogP) is 5.51. The lowest BCUT2D eigenvalue weighted by Crippen LogP contribution is -2.32. The molecule has 2 rings (SSSR count). The summed E-state index contributed by atoms with van der Waals surface area (Å²) in [5, 5.41) is 2.30. The van der Waals surface area contributed by atoms with Crippen LogP contribution in [0.15, 0.2) is 36.4 Å². The van der Waals surface area contributed by atoms with Crippen LogP contribution >= 0.6 is 23.2 Å². The van der Waals surface area contributed by atoms with E-state index >= 15 is 0 Å². The van der Waals surface area contributed by atoms with Crippen LogP contribution < -0.4 is 9.62 Å². The number of carbonyl (C=O) groups excluding carboxylic acids is 1. The van der Waals surface area contributed by atoms with Crippen LogP contribution in [0, 0.1) is 6.92 Å². The molecule has 1 N–H and O–H groups in total. The molecule has 2 aromatic carbocycles. The van der Waals surface area contributed by atoms with E-state index < -0.39 is 32.7 Å². The molecule has 0 spiro atoms. The second-order valence-corrected chi connectivity index (χ2v) is 9.28. The van der Waals surface area contributed by atoms with E-state index in [0.717, 1.165) is 22.7 Å². The van der Waals surface area contributed by atoms with Crippen LogP contribution in [0.5, 0.6) is 0 Å². The first-order valence-electron chi connectivity index (χ1n) is 8.70. The van der Waals surface area contributed by atoms with Crippen LogP contribution in [-0.2, 0) is 21.0 Å². The van der Waals surface area contributed by atoms with Crippen molar-refractivity contribution >= 4 is 50.5 Å². The number of nitrogens with zero attached hydrogens (tertiary/aromatic N) is 1. The Labute approximate surface area is 182 Å². The molecule has 0 bridgehead atoms. The molecule has 0 radical (unpaired) electrons. The largest absolute Gasteiger partial charge is 0.417 e. The maximum absolute atomic E-state index is 12.9. The van der Waals surface area contributed by atoms with Gasteiger partial charge in [0.05, 0.1) is 22.5 Å². The van der Waals surface area contributed by atoms with E-state index in [1.54, 1.807) is 25.1 Å². The SMILES string of the molecule is Cc1c(Cl)cccc1N(CCCC(=O)Nc1ccc(Cl)c(C(F)(F)F)c1)S(C)(=O)=O. The number of amides is 1. The Kier molecular flexibility index (Phi) is 7.65. The van der Waals surface area contributed by atoms with Crippen LogP contribution in [0.2, 0.25) is 10.0 Å². The number of halogens is 5. The summed E-state index contributed by atoms with van der Waals surface area (Å²) in [7, 11) is -3.64. The fourth-order valence-electron chi connectivity index (χ4n) is 2.76. The average Bonchev–Trinajstić information content (AvgIpc) is 2.61. The monoisotopic (exact) mass is 482 g/mol. The van der Waals surface area contributed by atoms with Crippen molar-refractivity contribution in [3.63, 3.8) is 0 Å². The molecule has 2 aromatic rings. The van der Waals surface area contributed by atoms with E-state index in [4.69, 9.17) is 23.2 Å². The van der Waals surface area contributed by atoms with Crippen molar-refractivity contribution < 1.29 is 26.4 Å². The van der Waals surface area contributed by atoms with Crippen molar-refractivity contribution in [2.75, 3.05) is 22.4 Å². The number of anilines is 2. The second kappa shape index (κ2) is 9.45. The average molecular weight is 483 g/mol. The molecule has 30 heavy (non-hydrogen) atoms. The molecular weight excluding hydrogens is 464 g/mol. The molecular formula is C19H19Cl2F3N2O3S. The summed E-state index contributed by atoms with van der Waals surface area (Å²) in [6.45, 7) is 1.68. The highest BCUT2D eigenvalue weighted by atomic mass is 35.5. The topological polar surface area (TPSA) is 66.5 Å². The summed E-state index contributed by atoms with van der Waals surface area (Å²) in [5.41, 5.74) is -0.128. The second-order valence-electron chi connectivity index (χ2n) is 6.56. The molecule has 164 valence electrons. The molecule has 5 nitrogen and oxygen atoms in total. The van der Waals surface area contributed by atoms with E-state index in [2.05, 4.69) is 5.32 Å². The molecule has 0 fully saturated rings. The summed E-state index contributed by atoms with van der Waals surface area (Å²) in [6, 6.07) is 7.91. The Balaban J connectivity index is 2.06. The third-order valence-corrected chi connectivity index (χ3v) is 6.15. The first-order valence-corrected chi connectivity index (χ1v) is 11.3. The predicted molar refractivity (Wildman–Crippen MR) is 113 cm³/mol. The zero-order valence-corrected chi connectivity index (χ0v) is 18.4. The van der Waals surface area contributed by atoms with Crippen molar-refractivity contribution in [2.45, 2.75) is 25.9 Å². The van der Waals surface area contributed by atoms with E-state index in [0.29, 0.717) is 16.3 Å². The third kappa shape index (κ3) is 6.26. The lowest BCUT2D eigenvalue weighted by molar-refractivity contribution is -0.137. The van der Waals surface area contributed by atoms with Crippen LogP contribution in [0.1, 0.15) is 24.0 Å². The molecule has 0 unspecified atom stereocenters. The van der Waals surface area contributed by atoms with E-state index in [1.807, 2.05) is 0 Å². The highest BCUT2D eigenvalue weighted by Crippen LogP contribution is 2.36. The highest BCUT2D eigenvalue weighted by molar-refractivity contribution is 7.92. The van der Waals surface area contributed by atoms with Gasteiger partial charge < -0.3 is 5.32 Å². The molecule has 0 aliphatic rings. The molecule has 0 heterocycles. The van der Waals surface area contributed by atoms with E-state index in [1.165, 1.54) is 6.07 Å². The Morgan fingerprint density at radius 1 is 1.13 bits per heavy atom. The third-order valence-electron chi connectivity index (χ3n) is 4.23. The van der Waals surface area contributed by atoms with Gasteiger partial charge in [-0.1, -0.05) is 29.3 Å². The first-order chi connectivity index (χ1) is 13.8. The number of hydrogen-bond donors (Lipinski definition) is 1. The number of rotatable bonds is 7. The highest BCUT2D eigenvalue weighted by Gasteiger charge is 2.33. The van der Waals surface area contributed by atoms with Gasteiger partial charge >= 0.3 is 6.18 Å². The van der Waals surface area contributed by atoms with E-state index in [9.17, 15) is 26.4 Å². The summed E-state index contributed by atoms with van der Waals surface area (Å²) in [6.07, 6.45) is -3.57. The molecule has 0 aliphatic carbocycles. The minimum Gasteiger partial charge on any atom is -0.326 e. The lowest BCUT2D eigenvalue weighted by atomic mass is 10.1. The van der Waals surface area contributed by atoms with Gasteiger partial charge in [0.25, 0.3) is 0 Å². The van der Waals surface area contributed by atoms with Gasteiger partial charge in [0, 0.05) is 23.7 Å². The number of nitrogens with one attached hydrogen (secondary N) is 1. The summed E-state index contributed by atoms with van der Waals surface area (Å²) >= 11 is 11.6. The van der Waals surface area contributed by atoms with Gasteiger partial charge in [-0.15, -0.1) is 0 Å². The number of alkyl halides is 3. The van der Waals surface area contributed by atoms with Crippen molar-refractivity contribution in [3.8, 4) is 0 Å². The fraction of sp³-hybridized carbons (Fsp3) is 0.316. The Morgan fingerprint density at radius 3 is 2.40 bits per heavy atom. The Morgan fingerprint density at radius 2 is 1.80 bits per heavy atom. The minimum absolute atomic E-state index is 0.00184. The molecule has 1 amide bonds. The van der Waals surface area contributed by atoms with Gasteiger partial charge in [0.2, 0.25) is 15.9 Å². The van der Waals surface area contributed by atoms with Crippen LogP contribution in [-0.4, -0.2) is 27.1 Å². The normalized spacial score (nSPS) is 12.0. The lowest BCUT2D eigenvalue weighted by Gasteiger charge is -2.24. The van der Waals surface area contributed by atoms with Gasteiger partial charge in [0.15, 0.2) is 0 Å². The van der Waals surface area contributed by atoms with Crippen molar-refractivity contribution in [1.29, 1.82) is 0 Å². The number of benzene rings is 2. The summed E-state index contributed by atoms with van der Waals surface area (Å²) < 4.78 is 64.3.